The molecule has 0 radical (unpaired) electrons. The summed E-state index contributed by atoms with van der Waals surface area (Å²) in [5.41, 5.74) is 1.34. The van der Waals surface area contributed by atoms with Crippen molar-refractivity contribution >= 4 is 28.3 Å². The van der Waals surface area contributed by atoms with Crippen molar-refractivity contribution in [3.63, 3.8) is 0 Å². The maximum atomic E-state index is 12.7. The molecule has 0 aliphatic carbocycles. The van der Waals surface area contributed by atoms with Crippen LogP contribution in [0.5, 0.6) is 0 Å². The molecule has 0 bridgehead atoms. The molecule has 2 amide bonds. The SMILES string of the molecule is CN1CCC(N(C)C(=O)c2csc(NC(=O)Cc3ccccc3)n2)CC1. The van der Waals surface area contributed by atoms with Gasteiger partial charge in [-0.05, 0) is 38.5 Å². The monoisotopic (exact) mass is 372 g/mol. The molecule has 1 saturated heterocycles. The molecule has 2 heterocycles. The highest BCUT2D eigenvalue weighted by Crippen LogP contribution is 2.20. The van der Waals surface area contributed by atoms with Crippen LogP contribution in [0.25, 0.3) is 0 Å². The number of carbonyl (C=O) groups is 2. The van der Waals surface area contributed by atoms with E-state index in [1.807, 2.05) is 37.4 Å². The van der Waals surface area contributed by atoms with Crippen LogP contribution in [0.4, 0.5) is 5.13 Å². The Labute approximate surface area is 157 Å². The Morgan fingerprint density at radius 2 is 1.96 bits per heavy atom. The van der Waals surface area contributed by atoms with E-state index >= 15 is 0 Å². The number of piperidine rings is 1. The van der Waals surface area contributed by atoms with Gasteiger partial charge in [0, 0.05) is 18.5 Å². The van der Waals surface area contributed by atoms with Crippen molar-refractivity contribution < 1.29 is 9.59 Å². The van der Waals surface area contributed by atoms with Crippen LogP contribution in [0.3, 0.4) is 0 Å². The van der Waals surface area contributed by atoms with E-state index in [4.69, 9.17) is 0 Å². The minimum Gasteiger partial charge on any atom is -0.337 e. The second-order valence-corrected chi connectivity index (χ2v) is 7.56. The summed E-state index contributed by atoms with van der Waals surface area (Å²) in [4.78, 5) is 33.2. The minimum absolute atomic E-state index is 0.0839. The van der Waals surface area contributed by atoms with Gasteiger partial charge in [-0.1, -0.05) is 30.3 Å². The van der Waals surface area contributed by atoms with Gasteiger partial charge in [-0.15, -0.1) is 11.3 Å². The number of nitrogens with one attached hydrogen (secondary N) is 1. The van der Waals surface area contributed by atoms with E-state index in [-0.39, 0.29) is 17.9 Å². The molecule has 1 aliphatic heterocycles. The normalized spacial score (nSPS) is 15.6. The first-order valence-corrected chi connectivity index (χ1v) is 9.66. The fourth-order valence-corrected chi connectivity index (χ4v) is 3.80. The molecule has 2 aromatic rings. The predicted octanol–water partition coefficient (Wildman–Crippen LogP) is 2.49. The van der Waals surface area contributed by atoms with Crippen molar-refractivity contribution in [3.05, 3.63) is 47.0 Å². The molecule has 0 atom stereocenters. The summed E-state index contributed by atoms with van der Waals surface area (Å²) in [7, 11) is 3.94. The van der Waals surface area contributed by atoms with E-state index in [1.54, 1.807) is 10.3 Å². The minimum atomic E-state index is -0.131. The zero-order chi connectivity index (χ0) is 18.5. The van der Waals surface area contributed by atoms with Gasteiger partial charge >= 0.3 is 0 Å². The Hall–Kier alpha value is -2.25. The molecule has 1 fully saturated rings. The van der Waals surface area contributed by atoms with E-state index in [0.717, 1.165) is 31.5 Å². The fourth-order valence-electron chi connectivity index (χ4n) is 3.10. The number of rotatable bonds is 5. The molecule has 0 unspecified atom stereocenters. The number of likely N-dealkylation sites (tertiary alicyclic amines) is 1. The summed E-state index contributed by atoms with van der Waals surface area (Å²) >= 11 is 1.28. The van der Waals surface area contributed by atoms with Gasteiger partial charge in [0.2, 0.25) is 5.91 Å². The average molecular weight is 372 g/mol. The standard InChI is InChI=1S/C19H24N4O2S/c1-22-10-8-15(9-11-22)23(2)18(25)16-13-26-19(20-16)21-17(24)12-14-6-4-3-5-7-14/h3-7,13,15H,8-12H2,1-2H3,(H,20,21,24). The lowest BCUT2D eigenvalue weighted by atomic mass is 10.0. The molecule has 1 N–H and O–H groups in total. The number of aromatic nitrogens is 1. The zero-order valence-electron chi connectivity index (χ0n) is 15.1. The number of anilines is 1. The summed E-state index contributed by atoms with van der Waals surface area (Å²) in [5.74, 6) is -0.215. The highest BCUT2D eigenvalue weighted by Gasteiger charge is 2.26. The Kier molecular flexibility index (Phi) is 6.00. The van der Waals surface area contributed by atoms with E-state index in [1.165, 1.54) is 11.3 Å². The van der Waals surface area contributed by atoms with Gasteiger partial charge in [0.25, 0.3) is 5.91 Å². The lowest BCUT2D eigenvalue weighted by Crippen LogP contribution is -2.44. The third-order valence-electron chi connectivity index (χ3n) is 4.73. The van der Waals surface area contributed by atoms with Crippen LogP contribution in [-0.2, 0) is 11.2 Å². The van der Waals surface area contributed by atoms with Crippen molar-refractivity contribution in [3.8, 4) is 0 Å². The third kappa shape index (κ3) is 4.68. The number of carbonyl (C=O) groups excluding carboxylic acids is 2. The quantitative estimate of drug-likeness (QED) is 0.876. The topological polar surface area (TPSA) is 65.5 Å². The molecule has 7 heteroatoms. The summed E-state index contributed by atoms with van der Waals surface area (Å²) in [5, 5.41) is 4.96. The van der Waals surface area contributed by atoms with E-state index in [9.17, 15) is 9.59 Å². The Morgan fingerprint density at radius 1 is 1.27 bits per heavy atom. The number of benzene rings is 1. The van der Waals surface area contributed by atoms with Gasteiger partial charge in [-0.2, -0.15) is 0 Å². The summed E-state index contributed by atoms with van der Waals surface area (Å²) < 4.78 is 0. The van der Waals surface area contributed by atoms with E-state index in [0.29, 0.717) is 17.2 Å². The first kappa shape index (κ1) is 18.5. The Bertz CT molecular complexity index is 754. The molecular formula is C19H24N4O2S. The first-order valence-electron chi connectivity index (χ1n) is 8.78. The highest BCUT2D eigenvalue weighted by molar-refractivity contribution is 7.14. The van der Waals surface area contributed by atoms with Gasteiger partial charge in [0.1, 0.15) is 5.69 Å². The number of amides is 2. The molecule has 6 nitrogen and oxygen atoms in total. The summed E-state index contributed by atoms with van der Waals surface area (Å²) in [6, 6.07) is 9.79. The number of hydrogen-bond donors (Lipinski definition) is 1. The largest absolute Gasteiger partial charge is 0.337 e. The van der Waals surface area contributed by atoms with Crippen LogP contribution < -0.4 is 5.32 Å². The summed E-state index contributed by atoms with van der Waals surface area (Å²) in [6.07, 6.45) is 2.24. The lowest BCUT2D eigenvalue weighted by Gasteiger charge is -2.34. The molecule has 26 heavy (non-hydrogen) atoms. The van der Waals surface area contributed by atoms with Crippen LogP contribution in [0, 0.1) is 0 Å². The van der Waals surface area contributed by atoms with E-state index < -0.39 is 0 Å². The Morgan fingerprint density at radius 3 is 2.65 bits per heavy atom. The van der Waals surface area contributed by atoms with Gasteiger partial charge in [-0.3, -0.25) is 9.59 Å². The van der Waals surface area contributed by atoms with Crippen molar-refractivity contribution in [2.45, 2.75) is 25.3 Å². The summed E-state index contributed by atoms with van der Waals surface area (Å²) in [6.45, 7) is 2.00. The van der Waals surface area contributed by atoms with Crippen molar-refractivity contribution in [2.75, 3.05) is 32.5 Å². The lowest BCUT2D eigenvalue weighted by molar-refractivity contribution is -0.115. The van der Waals surface area contributed by atoms with Gasteiger partial charge in [0.05, 0.1) is 6.42 Å². The molecule has 1 aliphatic rings. The Balaban J connectivity index is 1.56. The number of thiazole rings is 1. The predicted molar refractivity (Wildman–Crippen MR) is 104 cm³/mol. The van der Waals surface area contributed by atoms with Crippen LogP contribution in [-0.4, -0.2) is 59.8 Å². The molecular weight excluding hydrogens is 348 g/mol. The van der Waals surface area contributed by atoms with Gasteiger partial charge < -0.3 is 15.1 Å². The zero-order valence-corrected chi connectivity index (χ0v) is 16.0. The number of nitrogens with zero attached hydrogens (tertiary/aromatic N) is 3. The highest BCUT2D eigenvalue weighted by atomic mass is 32.1. The van der Waals surface area contributed by atoms with Crippen molar-refractivity contribution in [2.24, 2.45) is 0 Å². The smallest absolute Gasteiger partial charge is 0.273 e. The van der Waals surface area contributed by atoms with Crippen molar-refractivity contribution in [1.29, 1.82) is 0 Å². The average Bonchev–Trinajstić information content (AvgIpc) is 3.10. The van der Waals surface area contributed by atoms with E-state index in [2.05, 4.69) is 22.2 Å². The molecule has 3 rings (SSSR count). The van der Waals surface area contributed by atoms with Crippen LogP contribution >= 0.6 is 11.3 Å². The third-order valence-corrected chi connectivity index (χ3v) is 5.49. The molecule has 1 aromatic heterocycles. The second kappa shape index (κ2) is 8.42. The molecule has 0 spiro atoms. The second-order valence-electron chi connectivity index (χ2n) is 6.70. The number of hydrogen-bond acceptors (Lipinski definition) is 5. The van der Waals surface area contributed by atoms with Gasteiger partial charge in [0.15, 0.2) is 5.13 Å². The first-order chi connectivity index (χ1) is 12.5. The maximum Gasteiger partial charge on any atom is 0.273 e. The van der Waals surface area contributed by atoms with Crippen LogP contribution in [0.1, 0.15) is 28.9 Å². The maximum absolute atomic E-state index is 12.7. The van der Waals surface area contributed by atoms with Crippen molar-refractivity contribution in [1.82, 2.24) is 14.8 Å². The fraction of sp³-hybridized carbons (Fsp3) is 0.421. The molecule has 1 aromatic carbocycles. The van der Waals surface area contributed by atoms with Crippen LogP contribution in [0.15, 0.2) is 35.7 Å². The molecule has 138 valence electrons. The van der Waals surface area contributed by atoms with Crippen LogP contribution in [0.2, 0.25) is 0 Å². The molecule has 0 saturated carbocycles. The van der Waals surface area contributed by atoms with Gasteiger partial charge in [-0.25, -0.2) is 4.98 Å².